The van der Waals surface area contributed by atoms with Crippen LogP contribution in [-0.2, 0) is 13.0 Å². The highest BCUT2D eigenvalue weighted by Crippen LogP contribution is 2.20. The van der Waals surface area contributed by atoms with Gasteiger partial charge in [0, 0.05) is 24.8 Å². The summed E-state index contributed by atoms with van der Waals surface area (Å²) in [4.78, 5) is 18.3. The molecule has 114 valence electrons. The molecule has 7 heteroatoms. The van der Waals surface area contributed by atoms with Crippen LogP contribution in [-0.4, -0.2) is 33.0 Å². The first kappa shape index (κ1) is 15.6. The van der Waals surface area contributed by atoms with Crippen LogP contribution in [0.1, 0.15) is 60.4 Å². The molecular weight excluding hydrogens is 288 g/mol. The van der Waals surface area contributed by atoms with Gasteiger partial charge < -0.3 is 9.32 Å². The zero-order valence-corrected chi connectivity index (χ0v) is 13.6. The SMILES string of the molecule is CCCc1nnc(C(=O)N(C)Cc2csc(C(C)C)n2)o1. The topological polar surface area (TPSA) is 72.1 Å². The zero-order valence-electron chi connectivity index (χ0n) is 12.8. The van der Waals surface area contributed by atoms with E-state index in [9.17, 15) is 4.79 Å². The van der Waals surface area contributed by atoms with E-state index in [1.807, 2.05) is 12.3 Å². The quantitative estimate of drug-likeness (QED) is 0.820. The predicted molar refractivity (Wildman–Crippen MR) is 80.3 cm³/mol. The second-order valence-corrected chi connectivity index (χ2v) is 6.13. The van der Waals surface area contributed by atoms with Gasteiger partial charge >= 0.3 is 11.8 Å². The van der Waals surface area contributed by atoms with Crippen molar-refractivity contribution in [2.45, 2.75) is 46.1 Å². The first-order valence-electron chi connectivity index (χ1n) is 7.03. The highest BCUT2D eigenvalue weighted by Gasteiger charge is 2.20. The van der Waals surface area contributed by atoms with Gasteiger partial charge in [-0.1, -0.05) is 20.8 Å². The third-order valence-corrected chi connectivity index (χ3v) is 4.12. The summed E-state index contributed by atoms with van der Waals surface area (Å²) in [5.74, 6) is 0.673. The van der Waals surface area contributed by atoms with E-state index in [1.165, 1.54) is 0 Å². The number of amides is 1. The Bertz CT molecular complexity index is 606. The van der Waals surface area contributed by atoms with E-state index >= 15 is 0 Å². The molecule has 0 saturated heterocycles. The maximum Gasteiger partial charge on any atom is 0.311 e. The third kappa shape index (κ3) is 3.87. The molecule has 0 N–H and O–H groups in total. The minimum atomic E-state index is -0.274. The lowest BCUT2D eigenvalue weighted by Gasteiger charge is -2.12. The lowest BCUT2D eigenvalue weighted by molar-refractivity contribution is 0.0742. The average molecular weight is 308 g/mol. The van der Waals surface area contributed by atoms with E-state index in [0.717, 1.165) is 17.1 Å². The molecule has 0 atom stereocenters. The summed E-state index contributed by atoms with van der Waals surface area (Å²) in [7, 11) is 1.71. The van der Waals surface area contributed by atoms with Gasteiger partial charge in [0.25, 0.3) is 0 Å². The molecule has 0 aliphatic heterocycles. The van der Waals surface area contributed by atoms with Crippen LogP contribution in [0.5, 0.6) is 0 Å². The van der Waals surface area contributed by atoms with Crippen molar-refractivity contribution >= 4 is 17.2 Å². The van der Waals surface area contributed by atoms with Gasteiger partial charge in [-0.05, 0) is 6.42 Å². The van der Waals surface area contributed by atoms with Crippen LogP contribution in [0, 0.1) is 0 Å². The Morgan fingerprint density at radius 1 is 1.43 bits per heavy atom. The molecule has 2 aromatic heterocycles. The molecule has 6 nitrogen and oxygen atoms in total. The summed E-state index contributed by atoms with van der Waals surface area (Å²) < 4.78 is 5.36. The fourth-order valence-electron chi connectivity index (χ4n) is 1.79. The predicted octanol–water partition coefficient (Wildman–Crippen LogP) is 2.87. The summed E-state index contributed by atoms with van der Waals surface area (Å²) in [5.41, 5.74) is 0.882. The van der Waals surface area contributed by atoms with E-state index in [0.29, 0.717) is 24.8 Å². The number of hydrogen-bond donors (Lipinski definition) is 0. The van der Waals surface area contributed by atoms with Crippen LogP contribution in [0.3, 0.4) is 0 Å². The molecule has 2 aromatic rings. The highest BCUT2D eigenvalue weighted by atomic mass is 32.1. The van der Waals surface area contributed by atoms with Crippen molar-refractivity contribution in [2.24, 2.45) is 0 Å². The molecule has 2 rings (SSSR count). The van der Waals surface area contributed by atoms with E-state index < -0.39 is 0 Å². The van der Waals surface area contributed by atoms with Crippen molar-refractivity contribution in [1.82, 2.24) is 20.1 Å². The summed E-state index contributed by atoms with van der Waals surface area (Å²) >= 11 is 1.62. The maximum absolute atomic E-state index is 12.2. The monoisotopic (exact) mass is 308 g/mol. The van der Waals surface area contributed by atoms with Crippen LogP contribution in [0.15, 0.2) is 9.80 Å². The van der Waals surface area contributed by atoms with E-state index in [-0.39, 0.29) is 11.8 Å². The highest BCUT2D eigenvalue weighted by molar-refractivity contribution is 7.09. The van der Waals surface area contributed by atoms with Crippen molar-refractivity contribution in [3.8, 4) is 0 Å². The molecule has 0 spiro atoms. The average Bonchev–Trinajstić information content (AvgIpc) is 3.07. The largest absolute Gasteiger partial charge is 0.417 e. The Kier molecular flexibility index (Phi) is 5.06. The summed E-state index contributed by atoms with van der Waals surface area (Å²) in [5, 5.41) is 10.7. The summed E-state index contributed by atoms with van der Waals surface area (Å²) in [6.45, 7) is 6.66. The molecule has 0 fully saturated rings. The third-order valence-electron chi connectivity index (χ3n) is 2.92. The van der Waals surface area contributed by atoms with Gasteiger partial charge in [-0.3, -0.25) is 4.79 Å². The van der Waals surface area contributed by atoms with E-state index in [1.54, 1.807) is 23.3 Å². The number of carbonyl (C=O) groups excluding carboxylic acids is 1. The first-order chi connectivity index (χ1) is 10.0. The number of thiazole rings is 1. The van der Waals surface area contributed by atoms with Crippen molar-refractivity contribution in [3.63, 3.8) is 0 Å². The van der Waals surface area contributed by atoms with Gasteiger partial charge in [0.05, 0.1) is 17.2 Å². The fourth-order valence-corrected chi connectivity index (χ4v) is 2.62. The number of aromatic nitrogens is 3. The second-order valence-electron chi connectivity index (χ2n) is 5.24. The van der Waals surface area contributed by atoms with Crippen molar-refractivity contribution in [1.29, 1.82) is 0 Å². The van der Waals surface area contributed by atoms with Gasteiger partial charge in [-0.25, -0.2) is 4.98 Å². The Hall–Kier alpha value is -1.76. The molecular formula is C14H20N4O2S. The van der Waals surface area contributed by atoms with Crippen LogP contribution >= 0.6 is 11.3 Å². The summed E-state index contributed by atoms with van der Waals surface area (Å²) in [6.07, 6.45) is 1.59. The standard InChI is InChI=1S/C14H20N4O2S/c1-5-6-11-16-17-12(20-11)14(19)18(4)7-10-8-21-13(15-10)9(2)3/h8-9H,5-7H2,1-4H3. The maximum atomic E-state index is 12.2. The Morgan fingerprint density at radius 3 is 2.81 bits per heavy atom. The minimum absolute atomic E-state index is 0.0419. The molecule has 0 aromatic carbocycles. The number of nitrogens with zero attached hydrogens (tertiary/aromatic N) is 4. The van der Waals surface area contributed by atoms with Crippen LogP contribution < -0.4 is 0 Å². The number of hydrogen-bond acceptors (Lipinski definition) is 6. The van der Waals surface area contributed by atoms with E-state index in [2.05, 4.69) is 29.0 Å². The molecule has 1 amide bonds. The van der Waals surface area contributed by atoms with Crippen LogP contribution in [0.25, 0.3) is 0 Å². The Labute approximate surface area is 128 Å². The Morgan fingerprint density at radius 2 is 2.19 bits per heavy atom. The van der Waals surface area contributed by atoms with Crippen LogP contribution in [0.4, 0.5) is 0 Å². The van der Waals surface area contributed by atoms with Gasteiger partial charge in [0.1, 0.15) is 0 Å². The zero-order chi connectivity index (χ0) is 15.4. The molecule has 0 radical (unpaired) electrons. The molecule has 0 saturated carbocycles. The molecule has 0 aliphatic rings. The minimum Gasteiger partial charge on any atom is -0.417 e. The summed E-state index contributed by atoms with van der Waals surface area (Å²) in [6, 6.07) is 0. The smallest absolute Gasteiger partial charge is 0.311 e. The van der Waals surface area contributed by atoms with Gasteiger partial charge in [-0.2, -0.15) is 0 Å². The number of rotatable bonds is 6. The van der Waals surface area contributed by atoms with Gasteiger partial charge in [-0.15, -0.1) is 21.5 Å². The van der Waals surface area contributed by atoms with Crippen molar-refractivity contribution < 1.29 is 9.21 Å². The number of carbonyl (C=O) groups is 1. The molecule has 0 unspecified atom stereocenters. The fraction of sp³-hybridized carbons (Fsp3) is 0.571. The normalized spacial score (nSPS) is 11.1. The van der Waals surface area contributed by atoms with Gasteiger partial charge in [0.15, 0.2) is 0 Å². The molecule has 2 heterocycles. The first-order valence-corrected chi connectivity index (χ1v) is 7.91. The lowest BCUT2D eigenvalue weighted by Crippen LogP contribution is -2.26. The molecule has 0 bridgehead atoms. The molecule has 21 heavy (non-hydrogen) atoms. The Balaban J connectivity index is 2.00. The van der Waals surface area contributed by atoms with Gasteiger partial charge in [0.2, 0.25) is 5.89 Å². The molecule has 0 aliphatic carbocycles. The van der Waals surface area contributed by atoms with E-state index in [4.69, 9.17) is 4.42 Å². The second kappa shape index (κ2) is 6.80. The van der Waals surface area contributed by atoms with Crippen molar-refractivity contribution in [3.05, 3.63) is 27.9 Å². The lowest BCUT2D eigenvalue weighted by atomic mass is 10.2. The number of aryl methyl sites for hydroxylation is 1. The van der Waals surface area contributed by atoms with Crippen molar-refractivity contribution in [2.75, 3.05) is 7.05 Å². The van der Waals surface area contributed by atoms with Crippen LogP contribution in [0.2, 0.25) is 0 Å².